The summed E-state index contributed by atoms with van der Waals surface area (Å²) in [5.41, 5.74) is 8.25. The van der Waals surface area contributed by atoms with Crippen molar-refractivity contribution >= 4 is 12.7 Å². The number of nitrogens with one attached hydrogen (secondary N) is 1. The quantitative estimate of drug-likeness (QED) is 0.277. The minimum atomic E-state index is -0.957. The zero-order valence-corrected chi connectivity index (χ0v) is 8.73. The van der Waals surface area contributed by atoms with E-state index in [9.17, 15) is 4.79 Å². The summed E-state index contributed by atoms with van der Waals surface area (Å²) >= 11 is 0. The fraction of sp³-hybridized carbons (Fsp3) is 0.750. The van der Waals surface area contributed by atoms with Crippen molar-refractivity contribution in [2.24, 2.45) is 5.73 Å². The fourth-order valence-corrected chi connectivity index (χ4v) is 0.958. The second-order valence-electron chi connectivity index (χ2n) is 3.34. The fourth-order valence-electron chi connectivity index (χ4n) is 0.958. The molecule has 0 aliphatic carbocycles. The van der Waals surface area contributed by atoms with Crippen LogP contribution in [0, 0.1) is 0 Å². The van der Waals surface area contributed by atoms with E-state index in [-0.39, 0.29) is 0 Å². The minimum Gasteiger partial charge on any atom is -0.480 e. The molecule has 0 amide bonds. The number of nitrogens with two attached hydrogens (primary N) is 1. The van der Waals surface area contributed by atoms with Crippen molar-refractivity contribution in [1.82, 2.24) is 10.5 Å². The Labute approximate surface area is 83.9 Å². The topological polar surface area (TPSA) is 81.6 Å². The van der Waals surface area contributed by atoms with Crippen molar-refractivity contribution < 1.29 is 14.6 Å². The minimum absolute atomic E-state index is 0.455. The van der Waals surface area contributed by atoms with Crippen molar-refractivity contribution in [3.63, 3.8) is 0 Å². The monoisotopic (exact) mass is 203 g/mol. The van der Waals surface area contributed by atoms with Gasteiger partial charge in [0.05, 0.1) is 0 Å². The van der Waals surface area contributed by atoms with Crippen LogP contribution in [-0.2, 0) is 4.79 Å². The number of rotatable bonds is 7. The zero-order chi connectivity index (χ0) is 11.1. The van der Waals surface area contributed by atoms with Gasteiger partial charge in [0.15, 0.2) is 13.3 Å². The van der Waals surface area contributed by atoms with Gasteiger partial charge < -0.3 is 10.8 Å². The number of hydrazine groups is 2. The molecule has 0 aliphatic heterocycles. The second-order valence-corrected chi connectivity index (χ2v) is 3.34. The lowest BCUT2D eigenvalue weighted by molar-refractivity contribution is -0.608. The summed E-state index contributed by atoms with van der Waals surface area (Å²) in [4.78, 5) is 10.4. The van der Waals surface area contributed by atoms with Crippen molar-refractivity contribution in [3.05, 3.63) is 0 Å². The van der Waals surface area contributed by atoms with E-state index in [4.69, 9.17) is 10.8 Å². The van der Waals surface area contributed by atoms with E-state index in [2.05, 4.69) is 12.3 Å². The first kappa shape index (κ1) is 12.9. The molecule has 14 heavy (non-hydrogen) atoms. The summed E-state index contributed by atoms with van der Waals surface area (Å²) in [6.45, 7) is 4.36. The van der Waals surface area contributed by atoms with Crippen molar-refractivity contribution in [2.75, 3.05) is 20.6 Å². The second kappa shape index (κ2) is 6.33. The van der Waals surface area contributed by atoms with Crippen LogP contribution in [0.4, 0.5) is 0 Å². The summed E-state index contributed by atoms with van der Waals surface area (Å²) < 4.78 is 1.63. The molecule has 0 aromatic rings. The van der Waals surface area contributed by atoms with Crippen LogP contribution < -0.4 is 11.3 Å². The number of carboxylic acid groups (broad SMARTS) is 1. The number of hydrazone groups is 1. The molecule has 0 rings (SSSR count). The molecule has 0 aromatic heterocycles. The number of carbonyl (C=O) groups is 1. The van der Waals surface area contributed by atoms with Gasteiger partial charge in [-0.15, -0.1) is 10.2 Å². The molecule has 0 radical (unpaired) electrons. The number of carboxylic acids is 1. The van der Waals surface area contributed by atoms with Gasteiger partial charge in [-0.3, -0.25) is 4.79 Å². The summed E-state index contributed by atoms with van der Waals surface area (Å²) in [5, 5.41) is 10.3. The summed E-state index contributed by atoms with van der Waals surface area (Å²) in [6.07, 6.45) is 1.15. The van der Waals surface area contributed by atoms with Crippen LogP contribution in [0.15, 0.2) is 0 Å². The van der Waals surface area contributed by atoms with Crippen molar-refractivity contribution in [3.8, 4) is 0 Å². The molecule has 0 fully saturated rings. The first-order chi connectivity index (χ1) is 6.43. The highest BCUT2D eigenvalue weighted by Gasteiger charge is 2.12. The van der Waals surface area contributed by atoms with Crippen LogP contribution in [0.2, 0.25) is 0 Å². The molecule has 4 N–H and O–H groups in total. The van der Waals surface area contributed by atoms with Crippen LogP contribution in [0.5, 0.6) is 0 Å². The first-order valence-corrected chi connectivity index (χ1v) is 4.43. The summed E-state index contributed by atoms with van der Waals surface area (Å²) in [5.74, 6) is -0.957. The van der Waals surface area contributed by atoms with Gasteiger partial charge in [-0.1, -0.05) is 0 Å². The highest BCUT2D eigenvalue weighted by Crippen LogP contribution is 1.94. The zero-order valence-electron chi connectivity index (χ0n) is 8.73. The molecule has 82 valence electrons. The van der Waals surface area contributed by atoms with E-state index in [0.29, 0.717) is 19.4 Å². The maximum Gasteiger partial charge on any atom is 0.320 e. The maximum absolute atomic E-state index is 10.4. The lowest BCUT2D eigenvalue weighted by Crippen LogP contribution is -2.40. The molecular weight excluding hydrogens is 184 g/mol. The third kappa shape index (κ3) is 6.38. The smallest absolute Gasteiger partial charge is 0.320 e. The number of hydrogen-bond donors (Lipinski definition) is 3. The Morgan fingerprint density at radius 1 is 1.71 bits per heavy atom. The molecule has 0 spiro atoms. The average Bonchev–Trinajstić information content (AvgIpc) is 2.02. The van der Waals surface area contributed by atoms with Crippen LogP contribution >= 0.6 is 0 Å². The van der Waals surface area contributed by atoms with E-state index in [1.165, 1.54) is 0 Å². The lowest BCUT2D eigenvalue weighted by Gasteiger charge is -2.10. The largest absolute Gasteiger partial charge is 0.480 e. The number of nitrogens with zero attached hydrogens (tertiary/aromatic N) is 2. The van der Waals surface area contributed by atoms with Gasteiger partial charge in [0.1, 0.15) is 6.04 Å². The third-order valence-electron chi connectivity index (χ3n) is 1.60. The Hall–Kier alpha value is -1.14. The number of aliphatic carboxylic acids is 1. The van der Waals surface area contributed by atoms with Gasteiger partial charge in [-0.2, -0.15) is 5.01 Å². The van der Waals surface area contributed by atoms with Gasteiger partial charge in [-0.05, 0) is 6.42 Å². The lowest BCUT2D eigenvalue weighted by atomic mass is 10.2. The molecule has 0 saturated heterocycles. The highest BCUT2D eigenvalue weighted by molar-refractivity contribution is 5.72. The SMILES string of the molecule is C=[N+](CCCC(N)C(=O)O)NN(C)C. The Kier molecular flexibility index (Phi) is 5.82. The van der Waals surface area contributed by atoms with Gasteiger partial charge in [-0.25, -0.2) is 0 Å². The Morgan fingerprint density at radius 2 is 2.29 bits per heavy atom. The molecule has 0 aromatic carbocycles. The van der Waals surface area contributed by atoms with Gasteiger partial charge in [0.25, 0.3) is 0 Å². The Morgan fingerprint density at radius 3 is 2.71 bits per heavy atom. The van der Waals surface area contributed by atoms with Crippen LogP contribution in [0.1, 0.15) is 12.8 Å². The van der Waals surface area contributed by atoms with E-state index in [0.717, 1.165) is 0 Å². The molecular formula is C8H19N4O2+. The van der Waals surface area contributed by atoms with E-state index in [1.807, 2.05) is 14.1 Å². The molecule has 0 saturated carbocycles. The van der Waals surface area contributed by atoms with E-state index in [1.54, 1.807) is 9.69 Å². The predicted octanol–water partition coefficient (Wildman–Crippen LogP) is -1.13. The van der Waals surface area contributed by atoms with Gasteiger partial charge in [0, 0.05) is 20.5 Å². The van der Waals surface area contributed by atoms with Crippen molar-refractivity contribution in [1.29, 1.82) is 0 Å². The molecule has 0 aliphatic rings. The maximum atomic E-state index is 10.4. The third-order valence-corrected chi connectivity index (χ3v) is 1.60. The summed E-state index contributed by atoms with van der Waals surface area (Å²) in [7, 11) is 3.70. The van der Waals surface area contributed by atoms with Gasteiger partial charge in [0.2, 0.25) is 0 Å². The standard InChI is InChI=1S/C8H18N4O2/c1-11(2)10-12(3)6-4-5-7(9)8(13)14/h7,10H,3-6,9H2,1-2H3/p+1. The Balaban J connectivity index is 3.54. The van der Waals surface area contributed by atoms with E-state index < -0.39 is 12.0 Å². The highest BCUT2D eigenvalue weighted by atomic mass is 16.4. The molecule has 0 bridgehead atoms. The predicted molar refractivity (Wildman–Crippen MR) is 53.9 cm³/mol. The van der Waals surface area contributed by atoms with Crippen LogP contribution in [0.25, 0.3) is 0 Å². The average molecular weight is 203 g/mol. The summed E-state index contributed by atoms with van der Waals surface area (Å²) in [6, 6.07) is -0.775. The van der Waals surface area contributed by atoms with Crippen LogP contribution in [0.3, 0.4) is 0 Å². The van der Waals surface area contributed by atoms with Gasteiger partial charge >= 0.3 is 5.97 Å². The normalized spacial score (nSPS) is 12.6. The first-order valence-electron chi connectivity index (χ1n) is 4.43. The van der Waals surface area contributed by atoms with Crippen molar-refractivity contribution in [2.45, 2.75) is 18.9 Å². The van der Waals surface area contributed by atoms with E-state index >= 15 is 0 Å². The molecule has 6 nitrogen and oxygen atoms in total. The number of hydrogen-bond acceptors (Lipinski definition) is 4. The Bertz CT molecular complexity index is 206. The molecule has 1 atom stereocenters. The molecule has 6 heteroatoms. The molecule has 0 heterocycles. The van der Waals surface area contributed by atoms with Crippen LogP contribution in [-0.4, -0.2) is 54.2 Å². The molecule has 1 unspecified atom stereocenters.